The van der Waals surface area contributed by atoms with Gasteiger partial charge in [0.05, 0.1) is 0 Å². The van der Waals surface area contributed by atoms with E-state index in [1.165, 1.54) is 6.92 Å². The molecule has 0 aliphatic rings. The van der Waals surface area contributed by atoms with Gasteiger partial charge in [0.1, 0.15) is 18.7 Å². The number of primary amides is 1. The van der Waals surface area contributed by atoms with Crippen LogP contribution in [-0.4, -0.2) is 36.1 Å². The summed E-state index contributed by atoms with van der Waals surface area (Å²) in [6.07, 6.45) is -1.91. The lowest BCUT2D eigenvalue weighted by atomic mass is 10.1. The van der Waals surface area contributed by atoms with E-state index < -0.39 is 36.1 Å². The van der Waals surface area contributed by atoms with E-state index in [1.54, 1.807) is 36.4 Å². The highest BCUT2D eigenvalue weighted by Crippen LogP contribution is 2.06. The number of amides is 3. The van der Waals surface area contributed by atoms with Crippen LogP contribution < -0.4 is 16.4 Å². The third kappa shape index (κ3) is 7.63. The van der Waals surface area contributed by atoms with Crippen molar-refractivity contribution in [3.05, 3.63) is 71.8 Å². The van der Waals surface area contributed by atoms with Gasteiger partial charge in [0, 0.05) is 6.42 Å². The Morgan fingerprint density at radius 1 is 0.900 bits per heavy atom. The van der Waals surface area contributed by atoms with Gasteiger partial charge in [0.2, 0.25) is 5.91 Å². The number of nitrogens with two attached hydrogens (primary N) is 1. The number of esters is 1. The van der Waals surface area contributed by atoms with Gasteiger partial charge in [-0.15, -0.1) is 0 Å². The maximum Gasteiger partial charge on any atom is 0.412 e. The van der Waals surface area contributed by atoms with Crippen LogP contribution in [0.5, 0.6) is 0 Å². The lowest BCUT2D eigenvalue weighted by Gasteiger charge is -2.20. The van der Waals surface area contributed by atoms with Gasteiger partial charge in [-0.3, -0.25) is 4.79 Å². The van der Waals surface area contributed by atoms with Crippen molar-refractivity contribution in [2.24, 2.45) is 5.73 Å². The molecule has 0 saturated heterocycles. The first-order chi connectivity index (χ1) is 14.3. The Morgan fingerprint density at radius 2 is 1.47 bits per heavy atom. The van der Waals surface area contributed by atoms with Crippen LogP contribution in [0.3, 0.4) is 0 Å². The third-order valence-electron chi connectivity index (χ3n) is 4.02. The molecule has 2 aromatic rings. The first-order valence-corrected chi connectivity index (χ1v) is 9.17. The molecule has 0 aromatic heterocycles. The average Bonchev–Trinajstić information content (AvgIpc) is 2.72. The molecule has 3 amide bonds. The summed E-state index contributed by atoms with van der Waals surface area (Å²) in [7, 11) is 0. The lowest BCUT2D eigenvalue weighted by molar-refractivity contribution is -0.141. The monoisotopic (exact) mass is 413 g/mol. The largest absolute Gasteiger partial charge is 0.445 e. The topological polar surface area (TPSA) is 137 Å². The van der Waals surface area contributed by atoms with Crippen molar-refractivity contribution in [2.75, 3.05) is 0 Å². The standard InChI is InChI=1S/C21H23N3O6/c1-14(19(26)30-20(22)27)23-18(25)17(12-15-8-4-2-5-9-15)24-21(28)29-13-16-10-6-3-7-11-16/h2-11,14,17H,12-13H2,1H3,(H2,22,27)(H,23,25)(H,24,28)/t14-,17-/m0/s1. The zero-order valence-electron chi connectivity index (χ0n) is 16.4. The minimum Gasteiger partial charge on any atom is -0.445 e. The molecule has 0 unspecified atom stereocenters. The van der Waals surface area contributed by atoms with Gasteiger partial charge in [-0.05, 0) is 18.1 Å². The first kappa shape index (κ1) is 22.4. The van der Waals surface area contributed by atoms with Crippen molar-refractivity contribution in [3.63, 3.8) is 0 Å². The number of rotatable bonds is 8. The predicted octanol–water partition coefficient (Wildman–Crippen LogP) is 1.65. The van der Waals surface area contributed by atoms with E-state index in [0.29, 0.717) is 0 Å². The van der Waals surface area contributed by atoms with Gasteiger partial charge in [-0.1, -0.05) is 60.7 Å². The maximum absolute atomic E-state index is 12.7. The molecule has 0 aliphatic heterocycles. The van der Waals surface area contributed by atoms with Gasteiger partial charge in [-0.25, -0.2) is 14.4 Å². The minimum absolute atomic E-state index is 0.0354. The zero-order chi connectivity index (χ0) is 21.9. The Balaban J connectivity index is 2.01. The molecule has 4 N–H and O–H groups in total. The average molecular weight is 413 g/mol. The van der Waals surface area contributed by atoms with Crippen LogP contribution in [0.2, 0.25) is 0 Å². The van der Waals surface area contributed by atoms with Crippen molar-refractivity contribution >= 4 is 24.1 Å². The number of benzene rings is 2. The Kier molecular flexibility index (Phi) is 8.37. The summed E-state index contributed by atoms with van der Waals surface area (Å²) in [4.78, 5) is 47.3. The molecule has 2 rings (SSSR count). The van der Waals surface area contributed by atoms with Crippen LogP contribution in [0, 0.1) is 0 Å². The summed E-state index contributed by atoms with van der Waals surface area (Å²) in [6, 6.07) is 15.9. The number of carbonyl (C=O) groups excluding carboxylic acids is 4. The van der Waals surface area contributed by atoms with E-state index in [-0.39, 0.29) is 13.0 Å². The molecule has 9 nitrogen and oxygen atoms in total. The van der Waals surface area contributed by atoms with Crippen LogP contribution in [0.15, 0.2) is 60.7 Å². The molecule has 0 saturated carbocycles. The summed E-state index contributed by atoms with van der Waals surface area (Å²) >= 11 is 0. The van der Waals surface area contributed by atoms with Gasteiger partial charge in [0.25, 0.3) is 0 Å². The smallest absolute Gasteiger partial charge is 0.412 e. The zero-order valence-corrected chi connectivity index (χ0v) is 16.4. The van der Waals surface area contributed by atoms with Crippen LogP contribution in [0.4, 0.5) is 9.59 Å². The number of ether oxygens (including phenoxy) is 2. The second-order valence-corrected chi connectivity index (χ2v) is 6.42. The van der Waals surface area contributed by atoms with Crippen molar-refractivity contribution < 1.29 is 28.7 Å². The molecule has 2 aromatic carbocycles. The highest BCUT2D eigenvalue weighted by Gasteiger charge is 2.26. The molecule has 0 heterocycles. The Bertz CT molecular complexity index is 873. The molecule has 0 fully saturated rings. The molecule has 30 heavy (non-hydrogen) atoms. The molecule has 0 bridgehead atoms. The van der Waals surface area contributed by atoms with E-state index in [4.69, 9.17) is 10.5 Å². The van der Waals surface area contributed by atoms with Gasteiger partial charge >= 0.3 is 18.2 Å². The molecule has 0 aliphatic carbocycles. The summed E-state index contributed by atoms with van der Waals surface area (Å²) in [6.45, 7) is 1.37. The molecular weight excluding hydrogens is 390 g/mol. The van der Waals surface area contributed by atoms with E-state index >= 15 is 0 Å². The fourth-order valence-electron chi connectivity index (χ4n) is 2.53. The number of hydrogen-bond acceptors (Lipinski definition) is 6. The molecule has 0 spiro atoms. The quantitative estimate of drug-likeness (QED) is 0.445. The molecule has 2 atom stereocenters. The lowest BCUT2D eigenvalue weighted by Crippen LogP contribution is -2.52. The van der Waals surface area contributed by atoms with Crippen molar-refractivity contribution in [2.45, 2.75) is 32.0 Å². The third-order valence-corrected chi connectivity index (χ3v) is 4.02. The van der Waals surface area contributed by atoms with Crippen LogP contribution in [0.1, 0.15) is 18.1 Å². The number of hydrogen-bond donors (Lipinski definition) is 3. The van der Waals surface area contributed by atoms with E-state index in [9.17, 15) is 19.2 Å². The Labute approximate surface area is 173 Å². The summed E-state index contributed by atoms with van der Waals surface area (Å²) < 4.78 is 9.42. The van der Waals surface area contributed by atoms with Crippen molar-refractivity contribution in [1.82, 2.24) is 10.6 Å². The van der Waals surface area contributed by atoms with E-state index in [0.717, 1.165) is 11.1 Å². The second kappa shape index (κ2) is 11.2. The second-order valence-electron chi connectivity index (χ2n) is 6.42. The van der Waals surface area contributed by atoms with Crippen LogP contribution >= 0.6 is 0 Å². The van der Waals surface area contributed by atoms with Crippen LogP contribution in [-0.2, 0) is 32.1 Å². The Hall–Kier alpha value is -3.88. The Morgan fingerprint density at radius 3 is 2.03 bits per heavy atom. The van der Waals surface area contributed by atoms with E-state index in [1.807, 2.05) is 24.3 Å². The fraction of sp³-hybridized carbons (Fsp3) is 0.238. The van der Waals surface area contributed by atoms with Gasteiger partial charge in [-0.2, -0.15) is 0 Å². The molecular formula is C21H23N3O6. The van der Waals surface area contributed by atoms with Crippen LogP contribution in [0.25, 0.3) is 0 Å². The summed E-state index contributed by atoms with van der Waals surface area (Å²) in [5.41, 5.74) is 6.38. The van der Waals surface area contributed by atoms with Gasteiger partial charge in [0.15, 0.2) is 0 Å². The minimum atomic E-state index is -1.27. The fourth-order valence-corrected chi connectivity index (χ4v) is 2.53. The van der Waals surface area contributed by atoms with Crippen molar-refractivity contribution in [3.8, 4) is 0 Å². The normalized spacial score (nSPS) is 12.2. The SMILES string of the molecule is C[C@H](NC(=O)[C@H](Cc1ccccc1)NC(=O)OCc1ccccc1)C(=O)OC(N)=O. The molecule has 158 valence electrons. The maximum atomic E-state index is 12.7. The highest BCUT2D eigenvalue weighted by molar-refractivity contribution is 5.92. The number of alkyl carbamates (subject to hydrolysis) is 1. The number of carbonyl (C=O) groups is 4. The first-order valence-electron chi connectivity index (χ1n) is 9.17. The molecule has 9 heteroatoms. The highest BCUT2D eigenvalue weighted by atomic mass is 16.6. The predicted molar refractivity (Wildman–Crippen MR) is 107 cm³/mol. The van der Waals surface area contributed by atoms with E-state index in [2.05, 4.69) is 15.4 Å². The summed E-state index contributed by atoms with van der Waals surface area (Å²) in [5.74, 6) is -1.66. The summed E-state index contributed by atoms with van der Waals surface area (Å²) in [5, 5.41) is 4.90. The molecule has 0 radical (unpaired) electrons. The van der Waals surface area contributed by atoms with Gasteiger partial charge < -0.3 is 25.8 Å². The number of nitrogens with one attached hydrogen (secondary N) is 2. The van der Waals surface area contributed by atoms with Crippen molar-refractivity contribution in [1.29, 1.82) is 0 Å².